The molecule has 2 rings (SSSR count). The topological polar surface area (TPSA) is 23.5 Å². The van der Waals surface area contributed by atoms with Crippen LogP contribution in [-0.2, 0) is 6.42 Å². The lowest BCUT2D eigenvalue weighted by Crippen LogP contribution is -2.10. The molecule has 0 aliphatic carbocycles. The van der Waals surface area contributed by atoms with Gasteiger partial charge in [0.1, 0.15) is 0 Å². The van der Waals surface area contributed by atoms with E-state index in [0.717, 1.165) is 23.2 Å². The van der Waals surface area contributed by atoms with Gasteiger partial charge in [0.15, 0.2) is 0 Å². The van der Waals surface area contributed by atoms with Gasteiger partial charge in [0.05, 0.1) is 6.10 Å². The van der Waals surface area contributed by atoms with Gasteiger partial charge in [0.2, 0.25) is 0 Å². The minimum Gasteiger partial charge on any atom is -0.388 e. The van der Waals surface area contributed by atoms with Gasteiger partial charge in [0.25, 0.3) is 0 Å². The van der Waals surface area contributed by atoms with Crippen LogP contribution in [-0.4, -0.2) is 30.6 Å². The third-order valence-electron chi connectivity index (χ3n) is 3.37. The van der Waals surface area contributed by atoms with E-state index < -0.39 is 6.10 Å². The Balaban J connectivity index is 1.96. The zero-order valence-electron chi connectivity index (χ0n) is 12.7. The largest absolute Gasteiger partial charge is 0.388 e. The van der Waals surface area contributed by atoms with Gasteiger partial charge in [-0.15, -0.1) is 0 Å². The van der Waals surface area contributed by atoms with Crippen LogP contribution in [0.15, 0.2) is 60.7 Å². The molecular weight excluding hydrogens is 258 g/mol. The second-order valence-corrected chi connectivity index (χ2v) is 5.54. The van der Waals surface area contributed by atoms with Crippen molar-refractivity contribution in [2.45, 2.75) is 12.5 Å². The fourth-order valence-corrected chi connectivity index (χ4v) is 2.18. The second-order valence-electron chi connectivity index (χ2n) is 5.54. The minimum absolute atomic E-state index is 0.452. The quantitative estimate of drug-likeness (QED) is 0.875. The van der Waals surface area contributed by atoms with E-state index in [2.05, 4.69) is 29.2 Å². The van der Waals surface area contributed by atoms with Crippen molar-refractivity contribution in [1.29, 1.82) is 0 Å². The summed E-state index contributed by atoms with van der Waals surface area (Å²) in [6.07, 6.45) is 4.44. The van der Waals surface area contributed by atoms with Crippen molar-refractivity contribution in [2.75, 3.05) is 20.6 Å². The summed E-state index contributed by atoms with van der Waals surface area (Å²) in [5.41, 5.74) is 3.27. The van der Waals surface area contributed by atoms with Crippen LogP contribution in [0, 0.1) is 0 Å². The Morgan fingerprint density at radius 3 is 2.29 bits per heavy atom. The number of hydrogen-bond donors (Lipinski definition) is 1. The Morgan fingerprint density at radius 2 is 1.67 bits per heavy atom. The highest BCUT2D eigenvalue weighted by Crippen LogP contribution is 2.19. The molecule has 0 aromatic heterocycles. The maximum absolute atomic E-state index is 10.3. The predicted octanol–water partition coefficient (Wildman–Crippen LogP) is 3.54. The Kier molecular flexibility index (Phi) is 5.73. The van der Waals surface area contributed by atoms with Gasteiger partial charge in [0, 0.05) is 13.0 Å². The van der Waals surface area contributed by atoms with Crippen LogP contribution in [0.4, 0.5) is 0 Å². The maximum atomic E-state index is 10.3. The predicted molar refractivity (Wildman–Crippen MR) is 89.1 cm³/mol. The molecule has 2 nitrogen and oxygen atoms in total. The molecule has 0 saturated heterocycles. The van der Waals surface area contributed by atoms with Gasteiger partial charge in [-0.1, -0.05) is 66.7 Å². The molecule has 0 fully saturated rings. The standard InChI is InChI=1S/C19H23NO/c1-20(2)14-6-9-16-10-12-18(13-11-16)19(21)15-17-7-4-3-5-8-17/h3-13,19,21H,14-15H2,1-2H3/b9-6+. The molecule has 0 spiro atoms. The van der Waals surface area contributed by atoms with E-state index in [0.29, 0.717) is 6.42 Å². The van der Waals surface area contributed by atoms with Crippen LogP contribution < -0.4 is 0 Å². The zero-order chi connectivity index (χ0) is 15.1. The molecule has 0 amide bonds. The molecule has 2 aromatic carbocycles. The Labute approximate surface area is 127 Å². The van der Waals surface area contributed by atoms with E-state index in [-0.39, 0.29) is 0 Å². The van der Waals surface area contributed by atoms with E-state index in [1.807, 2.05) is 56.6 Å². The monoisotopic (exact) mass is 281 g/mol. The molecule has 0 radical (unpaired) electrons. The molecule has 0 saturated carbocycles. The zero-order valence-corrected chi connectivity index (χ0v) is 12.7. The van der Waals surface area contributed by atoms with Gasteiger partial charge in [-0.2, -0.15) is 0 Å². The number of aliphatic hydroxyl groups excluding tert-OH is 1. The Morgan fingerprint density at radius 1 is 1.00 bits per heavy atom. The van der Waals surface area contributed by atoms with Crippen LogP contribution in [0.2, 0.25) is 0 Å². The third kappa shape index (κ3) is 5.18. The normalized spacial score (nSPS) is 13.0. The molecule has 2 aromatic rings. The summed E-state index contributed by atoms with van der Waals surface area (Å²) >= 11 is 0. The highest BCUT2D eigenvalue weighted by molar-refractivity contribution is 5.50. The highest BCUT2D eigenvalue weighted by Gasteiger charge is 2.07. The number of aliphatic hydroxyl groups is 1. The number of hydrogen-bond acceptors (Lipinski definition) is 2. The molecule has 0 bridgehead atoms. The third-order valence-corrected chi connectivity index (χ3v) is 3.37. The van der Waals surface area contributed by atoms with Crippen LogP contribution >= 0.6 is 0 Å². The summed E-state index contributed by atoms with van der Waals surface area (Å²) in [5.74, 6) is 0. The molecule has 110 valence electrons. The second kappa shape index (κ2) is 7.77. The summed E-state index contributed by atoms with van der Waals surface area (Å²) < 4.78 is 0. The van der Waals surface area contributed by atoms with E-state index in [1.165, 1.54) is 0 Å². The summed E-state index contributed by atoms with van der Waals surface area (Å²) in [7, 11) is 4.10. The average molecular weight is 281 g/mol. The molecule has 0 aliphatic heterocycles. The van der Waals surface area contributed by atoms with Crippen molar-refractivity contribution in [2.24, 2.45) is 0 Å². The van der Waals surface area contributed by atoms with Gasteiger partial charge < -0.3 is 10.0 Å². The number of rotatable bonds is 6. The first kappa shape index (κ1) is 15.5. The molecule has 1 N–H and O–H groups in total. The fraction of sp³-hybridized carbons (Fsp3) is 0.263. The number of nitrogens with zero attached hydrogens (tertiary/aromatic N) is 1. The van der Waals surface area contributed by atoms with Crippen molar-refractivity contribution >= 4 is 6.08 Å². The van der Waals surface area contributed by atoms with Crippen molar-refractivity contribution in [1.82, 2.24) is 4.90 Å². The minimum atomic E-state index is -0.452. The van der Waals surface area contributed by atoms with E-state index in [9.17, 15) is 5.11 Å². The molecule has 0 heterocycles. The molecule has 1 unspecified atom stereocenters. The molecule has 1 atom stereocenters. The van der Waals surface area contributed by atoms with Crippen molar-refractivity contribution in [3.8, 4) is 0 Å². The summed E-state index contributed by atoms with van der Waals surface area (Å²) in [6.45, 7) is 0.929. The lowest BCUT2D eigenvalue weighted by Gasteiger charge is -2.11. The van der Waals surface area contributed by atoms with E-state index >= 15 is 0 Å². The van der Waals surface area contributed by atoms with Gasteiger partial charge in [-0.25, -0.2) is 0 Å². The first-order valence-electron chi connectivity index (χ1n) is 7.28. The van der Waals surface area contributed by atoms with Gasteiger partial charge >= 0.3 is 0 Å². The average Bonchev–Trinajstić information content (AvgIpc) is 2.48. The molecule has 21 heavy (non-hydrogen) atoms. The summed E-state index contributed by atoms with van der Waals surface area (Å²) in [5, 5.41) is 10.3. The lowest BCUT2D eigenvalue weighted by atomic mass is 10.0. The van der Waals surface area contributed by atoms with Crippen molar-refractivity contribution in [3.63, 3.8) is 0 Å². The van der Waals surface area contributed by atoms with E-state index in [1.54, 1.807) is 0 Å². The van der Waals surface area contributed by atoms with Crippen molar-refractivity contribution < 1.29 is 5.11 Å². The lowest BCUT2D eigenvalue weighted by molar-refractivity contribution is 0.178. The van der Waals surface area contributed by atoms with Crippen LogP contribution in [0.1, 0.15) is 22.8 Å². The smallest absolute Gasteiger partial charge is 0.0830 e. The van der Waals surface area contributed by atoms with Gasteiger partial charge in [-0.3, -0.25) is 0 Å². The SMILES string of the molecule is CN(C)C/C=C/c1ccc(C(O)Cc2ccccc2)cc1. The van der Waals surface area contributed by atoms with Crippen molar-refractivity contribution in [3.05, 3.63) is 77.4 Å². The fourth-order valence-electron chi connectivity index (χ4n) is 2.18. The Bertz CT molecular complexity index is 558. The molecular formula is C19H23NO. The first-order valence-corrected chi connectivity index (χ1v) is 7.28. The van der Waals surface area contributed by atoms with E-state index in [4.69, 9.17) is 0 Å². The van der Waals surface area contributed by atoms with Crippen LogP contribution in [0.5, 0.6) is 0 Å². The molecule has 2 heteroatoms. The van der Waals surface area contributed by atoms with Crippen LogP contribution in [0.25, 0.3) is 6.08 Å². The van der Waals surface area contributed by atoms with Gasteiger partial charge in [-0.05, 0) is 30.8 Å². The highest BCUT2D eigenvalue weighted by atomic mass is 16.3. The van der Waals surface area contributed by atoms with Crippen LogP contribution in [0.3, 0.4) is 0 Å². The summed E-state index contributed by atoms with van der Waals surface area (Å²) in [6, 6.07) is 18.2. The summed E-state index contributed by atoms with van der Waals surface area (Å²) in [4.78, 5) is 2.12. The maximum Gasteiger partial charge on any atom is 0.0830 e. The molecule has 0 aliphatic rings. The number of likely N-dealkylation sites (N-methyl/N-ethyl adjacent to an activating group) is 1. The Hall–Kier alpha value is -1.90. The first-order chi connectivity index (χ1) is 10.1. The number of benzene rings is 2.